The van der Waals surface area contributed by atoms with Gasteiger partial charge in [-0.15, -0.1) is 0 Å². The molecule has 4 heteroatoms. The van der Waals surface area contributed by atoms with Crippen molar-refractivity contribution in [2.75, 3.05) is 20.2 Å². The highest BCUT2D eigenvalue weighted by atomic mass is 16.5. The van der Waals surface area contributed by atoms with Crippen LogP contribution < -0.4 is 0 Å². The predicted octanol–water partition coefficient (Wildman–Crippen LogP) is 2.84. The summed E-state index contributed by atoms with van der Waals surface area (Å²) in [5.41, 5.74) is 0.312. The molecule has 4 nitrogen and oxygen atoms in total. The third kappa shape index (κ3) is 5.99. The fourth-order valence-corrected chi connectivity index (χ4v) is 2.71. The molecule has 1 aromatic rings. The number of amides is 1. The summed E-state index contributed by atoms with van der Waals surface area (Å²) in [7, 11) is 1.83. The molecule has 1 amide bonds. The van der Waals surface area contributed by atoms with E-state index >= 15 is 0 Å². The van der Waals surface area contributed by atoms with Gasteiger partial charge in [0.25, 0.3) is 5.91 Å². The van der Waals surface area contributed by atoms with Gasteiger partial charge >= 0.3 is 0 Å². The van der Waals surface area contributed by atoms with E-state index in [1.807, 2.05) is 19.2 Å². The summed E-state index contributed by atoms with van der Waals surface area (Å²) in [6.07, 6.45) is 4.62. The number of benzene rings is 1. The zero-order valence-electron chi connectivity index (χ0n) is 14.8. The van der Waals surface area contributed by atoms with Gasteiger partial charge in [0.15, 0.2) is 0 Å². The Bertz CT molecular complexity index is 616. The third-order valence-electron chi connectivity index (χ3n) is 4.01. The van der Waals surface area contributed by atoms with E-state index < -0.39 is 5.60 Å². The molecule has 1 saturated heterocycles. The molecule has 1 heterocycles. The molecular weight excluding hydrogens is 302 g/mol. The number of carbonyl (C=O) groups is 1. The van der Waals surface area contributed by atoms with Crippen molar-refractivity contribution in [1.82, 2.24) is 4.90 Å². The SMILES string of the molecule is CN(CCCC1CCCO1)C(=O)c1cccc(C#CC(C)(C)O)c1. The van der Waals surface area contributed by atoms with E-state index in [1.54, 1.807) is 30.9 Å². The highest BCUT2D eigenvalue weighted by Gasteiger charge is 2.16. The lowest BCUT2D eigenvalue weighted by molar-refractivity contribution is 0.0763. The molecule has 0 aliphatic carbocycles. The summed E-state index contributed by atoms with van der Waals surface area (Å²) < 4.78 is 5.61. The molecular formula is C20H27NO3. The smallest absolute Gasteiger partial charge is 0.253 e. The van der Waals surface area contributed by atoms with Gasteiger partial charge in [-0.1, -0.05) is 17.9 Å². The van der Waals surface area contributed by atoms with Crippen LogP contribution in [0.5, 0.6) is 0 Å². The Labute approximate surface area is 144 Å². The van der Waals surface area contributed by atoms with Crippen LogP contribution in [0.2, 0.25) is 0 Å². The average molecular weight is 329 g/mol. The molecule has 1 unspecified atom stereocenters. The van der Waals surface area contributed by atoms with Crippen molar-refractivity contribution in [3.63, 3.8) is 0 Å². The number of nitrogens with zero attached hydrogens (tertiary/aromatic N) is 1. The Morgan fingerprint density at radius 3 is 2.92 bits per heavy atom. The largest absolute Gasteiger partial charge is 0.378 e. The zero-order valence-corrected chi connectivity index (χ0v) is 14.8. The van der Waals surface area contributed by atoms with Crippen LogP contribution in [0.25, 0.3) is 0 Å². The Hall–Kier alpha value is -1.83. The van der Waals surface area contributed by atoms with Crippen molar-refractivity contribution in [3.05, 3.63) is 35.4 Å². The Kier molecular flexibility index (Phi) is 6.42. The lowest BCUT2D eigenvalue weighted by Gasteiger charge is -2.18. The predicted molar refractivity (Wildman–Crippen MR) is 94.8 cm³/mol. The molecule has 24 heavy (non-hydrogen) atoms. The van der Waals surface area contributed by atoms with Crippen molar-refractivity contribution in [3.8, 4) is 11.8 Å². The standard InChI is InChI=1S/C20H27NO3/c1-20(2,23)12-11-16-7-4-8-17(15-16)19(22)21(3)13-5-9-18-10-6-14-24-18/h4,7-8,15,18,23H,5-6,9-10,13-14H2,1-3H3. The molecule has 0 radical (unpaired) electrons. The Morgan fingerprint density at radius 2 is 2.25 bits per heavy atom. The second kappa shape index (κ2) is 8.32. The quantitative estimate of drug-likeness (QED) is 0.845. The van der Waals surface area contributed by atoms with Crippen molar-refractivity contribution in [2.45, 2.75) is 51.2 Å². The summed E-state index contributed by atoms with van der Waals surface area (Å²) in [6.45, 7) is 4.86. The van der Waals surface area contributed by atoms with Gasteiger partial charge < -0.3 is 14.7 Å². The molecule has 130 valence electrons. The molecule has 0 spiro atoms. The van der Waals surface area contributed by atoms with E-state index in [9.17, 15) is 9.90 Å². The van der Waals surface area contributed by atoms with Crippen molar-refractivity contribution in [1.29, 1.82) is 0 Å². The third-order valence-corrected chi connectivity index (χ3v) is 4.01. The van der Waals surface area contributed by atoms with Crippen LogP contribution in [-0.2, 0) is 4.74 Å². The molecule has 1 aliphatic rings. The van der Waals surface area contributed by atoms with Gasteiger partial charge in [0.2, 0.25) is 0 Å². The van der Waals surface area contributed by atoms with E-state index in [0.29, 0.717) is 11.7 Å². The average Bonchev–Trinajstić information content (AvgIpc) is 3.05. The van der Waals surface area contributed by atoms with Crippen LogP contribution >= 0.6 is 0 Å². The van der Waals surface area contributed by atoms with Crippen molar-refractivity contribution >= 4 is 5.91 Å². The first-order chi connectivity index (χ1) is 11.3. The molecule has 1 N–H and O–H groups in total. The first kappa shape index (κ1) is 18.5. The van der Waals surface area contributed by atoms with E-state index in [0.717, 1.165) is 44.4 Å². The van der Waals surface area contributed by atoms with Crippen LogP contribution in [0.1, 0.15) is 55.5 Å². The second-order valence-corrected chi connectivity index (χ2v) is 6.89. The van der Waals surface area contributed by atoms with Gasteiger partial charge in [-0.2, -0.15) is 0 Å². The van der Waals surface area contributed by atoms with E-state index in [4.69, 9.17) is 4.74 Å². The minimum absolute atomic E-state index is 0.00533. The highest BCUT2D eigenvalue weighted by Crippen LogP contribution is 2.17. The van der Waals surface area contributed by atoms with Crippen LogP contribution in [0.15, 0.2) is 24.3 Å². The van der Waals surface area contributed by atoms with Gasteiger partial charge in [0.05, 0.1) is 6.10 Å². The molecule has 1 fully saturated rings. The molecule has 0 bridgehead atoms. The molecule has 0 saturated carbocycles. The molecule has 0 aromatic heterocycles. The normalized spacial score (nSPS) is 17.2. The maximum Gasteiger partial charge on any atom is 0.253 e. The zero-order chi connectivity index (χ0) is 17.6. The first-order valence-corrected chi connectivity index (χ1v) is 8.58. The number of ether oxygens (including phenoxy) is 1. The van der Waals surface area contributed by atoms with E-state index in [1.165, 1.54) is 0 Å². The van der Waals surface area contributed by atoms with Gasteiger partial charge in [-0.05, 0) is 57.7 Å². The molecule has 2 rings (SSSR count). The maximum atomic E-state index is 12.5. The van der Waals surface area contributed by atoms with Gasteiger partial charge in [0, 0.05) is 31.3 Å². The number of hydrogen-bond donors (Lipinski definition) is 1. The highest BCUT2D eigenvalue weighted by molar-refractivity contribution is 5.94. The van der Waals surface area contributed by atoms with E-state index in [-0.39, 0.29) is 5.91 Å². The number of rotatable bonds is 5. The minimum atomic E-state index is -1.04. The lowest BCUT2D eigenvalue weighted by atomic mass is 10.1. The number of hydrogen-bond acceptors (Lipinski definition) is 3. The summed E-state index contributed by atoms with van der Waals surface area (Å²) in [4.78, 5) is 14.3. The lowest BCUT2D eigenvalue weighted by Crippen LogP contribution is -2.28. The number of carbonyl (C=O) groups excluding carboxylic acids is 1. The monoisotopic (exact) mass is 329 g/mol. The summed E-state index contributed by atoms with van der Waals surface area (Å²) in [6, 6.07) is 7.24. The van der Waals surface area contributed by atoms with Crippen molar-refractivity contribution in [2.24, 2.45) is 0 Å². The fourth-order valence-electron chi connectivity index (χ4n) is 2.71. The van der Waals surface area contributed by atoms with Crippen LogP contribution in [0, 0.1) is 11.8 Å². The topological polar surface area (TPSA) is 49.8 Å². The molecule has 1 aromatic carbocycles. The Balaban J connectivity index is 1.91. The van der Waals surface area contributed by atoms with E-state index in [2.05, 4.69) is 11.8 Å². The van der Waals surface area contributed by atoms with Crippen LogP contribution in [0.3, 0.4) is 0 Å². The first-order valence-electron chi connectivity index (χ1n) is 8.58. The van der Waals surface area contributed by atoms with Crippen LogP contribution in [0.4, 0.5) is 0 Å². The number of aliphatic hydroxyl groups is 1. The van der Waals surface area contributed by atoms with Crippen molar-refractivity contribution < 1.29 is 14.6 Å². The molecule has 1 atom stereocenters. The van der Waals surface area contributed by atoms with Crippen LogP contribution in [-0.4, -0.2) is 47.8 Å². The fraction of sp³-hybridized carbons (Fsp3) is 0.550. The minimum Gasteiger partial charge on any atom is -0.378 e. The maximum absolute atomic E-state index is 12.5. The summed E-state index contributed by atoms with van der Waals surface area (Å²) >= 11 is 0. The van der Waals surface area contributed by atoms with Gasteiger partial charge in [-0.25, -0.2) is 0 Å². The second-order valence-electron chi connectivity index (χ2n) is 6.89. The Morgan fingerprint density at radius 1 is 1.46 bits per heavy atom. The summed E-state index contributed by atoms with van der Waals surface area (Å²) in [5.74, 6) is 5.67. The molecule has 1 aliphatic heterocycles. The summed E-state index contributed by atoms with van der Waals surface area (Å²) in [5, 5.41) is 9.67. The van der Waals surface area contributed by atoms with Gasteiger partial charge in [0.1, 0.15) is 5.60 Å². The van der Waals surface area contributed by atoms with Gasteiger partial charge in [-0.3, -0.25) is 4.79 Å².